The summed E-state index contributed by atoms with van der Waals surface area (Å²) in [4.78, 5) is 4.18. The third kappa shape index (κ3) is 3.22. The molecule has 2 aromatic carbocycles. The van der Waals surface area contributed by atoms with E-state index in [0.717, 1.165) is 59.3 Å². The number of benzene rings is 2. The monoisotopic (exact) mass is 376 g/mol. The lowest BCUT2D eigenvalue weighted by atomic mass is 9.96. The summed E-state index contributed by atoms with van der Waals surface area (Å²) >= 11 is 6.29. The number of piperazine rings is 1. The minimum atomic E-state index is -1.23. The van der Waals surface area contributed by atoms with E-state index in [1.54, 1.807) is 7.11 Å². The smallest absolute Gasteiger partial charge is 0.120 e. The molecule has 0 aromatic heterocycles. The van der Waals surface area contributed by atoms with Gasteiger partial charge in [-0.05, 0) is 47.9 Å². The molecular weight excluding hydrogens is 356 g/mol. The molecule has 4 rings (SSSR count). The predicted molar refractivity (Wildman–Crippen MR) is 100 cm³/mol. The first kappa shape index (κ1) is 17.0. The summed E-state index contributed by atoms with van der Waals surface area (Å²) in [6.07, 6.45) is 0.832. The summed E-state index contributed by atoms with van der Waals surface area (Å²) in [5.74, 6) is 0.739. The predicted octanol–water partition coefficient (Wildman–Crippen LogP) is 3.02. The third-order valence-electron chi connectivity index (χ3n) is 5.01. The van der Waals surface area contributed by atoms with E-state index in [-0.39, 0.29) is 6.04 Å². The van der Waals surface area contributed by atoms with Gasteiger partial charge < -0.3 is 10.1 Å². The van der Waals surface area contributed by atoms with Crippen molar-refractivity contribution in [2.75, 3.05) is 33.3 Å². The van der Waals surface area contributed by atoms with Gasteiger partial charge in [0.2, 0.25) is 0 Å². The van der Waals surface area contributed by atoms with Crippen molar-refractivity contribution in [2.45, 2.75) is 22.3 Å². The van der Waals surface area contributed by atoms with Crippen LogP contribution in [0.15, 0.2) is 46.2 Å². The Balaban J connectivity index is 1.86. The fourth-order valence-electron chi connectivity index (χ4n) is 3.71. The number of nitrogens with zero attached hydrogens (tertiary/aromatic N) is 1. The number of fused-ring (bicyclic) bond motifs is 2. The molecule has 2 atom stereocenters. The van der Waals surface area contributed by atoms with E-state index in [0.29, 0.717) is 5.02 Å². The van der Waals surface area contributed by atoms with Crippen LogP contribution in [0.2, 0.25) is 5.02 Å². The molecule has 2 heterocycles. The Kier molecular flexibility index (Phi) is 4.82. The van der Waals surface area contributed by atoms with Gasteiger partial charge in [-0.1, -0.05) is 17.7 Å². The Hall–Kier alpha value is -1.40. The molecule has 4 nitrogen and oxygen atoms in total. The lowest BCUT2D eigenvalue weighted by Crippen LogP contribution is -2.45. The molecular formula is C19H21ClN2O2S. The van der Waals surface area contributed by atoms with E-state index in [1.807, 2.05) is 30.3 Å². The zero-order valence-corrected chi connectivity index (χ0v) is 15.7. The standard InChI is InChI=1S/C19H21ClN2O2S/c1-24-15-4-2-13-10-17(22-8-6-21-7-9-22)16-11-14(20)3-5-18(16)25(23)19(13)12-15/h2-5,11-12,17,21H,6-10H2,1H3/t17-,25-/m0/s1. The summed E-state index contributed by atoms with van der Waals surface area (Å²) in [6.45, 7) is 3.92. The zero-order valence-electron chi connectivity index (χ0n) is 14.1. The molecule has 132 valence electrons. The Morgan fingerprint density at radius 2 is 1.96 bits per heavy atom. The fourth-order valence-corrected chi connectivity index (χ4v) is 5.34. The van der Waals surface area contributed by atoms with Crippen molar-refractivity contribution in [1.29, 1.82) is 0 Å². The fraction of sp³-hybridized carbons (Fsp3) is 0.368. The number of rotatable bonds is 2. The molecule has 1 fully saturated rings. The first-order valence-electron chi connectivity index (χ1n) is 8.50. The van der Waals surface area contributed by atoms with Gasteiger partial charge in [-0.3, -0.25) is 4.90 Å². The van der Waals surface area contributed by atoms with Crippen LogP contribution in [0.3, 0.4) is 0 Å². The van der Waals surface area contributed by atoms with E-state index < -0.39 is 10.8 Å². The Morgan fingerprint density at radius 3 is 2.72 bits per heavy atom. The topological polar surface area (TPSA) is 41.6 Å². The van der Waals surface area contributed by atoms with Crippen molar-refractivity contribution in [3.8, 4) is 5.75 Å². The minimum absolute atomic E-state index is 0.189. The van der Waals surface area contributed by atoms with Crippen LogP contribution >= 0.6 is 11.6 Å². The van der Waals surface area contributed by atoms with Gasteiger partial charge >= 0.3 is 0 Å². The van der Waals surface area contributed by atoms with Crippen LogP contribution in [-0.2, 0) is 17.2 Å². The second kappa shape index (κ2) is 7.08. The van der Waals surface area contributed by atoms with Crippen LogP contribution in [0.4, 0.5) is 0 Å². The molecule has 0 aliphatic carbocycles. The summed E-state index contributed by atoms with van der Waals surface area (Å²) < 4.78 is 18.7. The third-order valence-corrected chi connectivity index (χ3v) is 6.80. The number of ether oxygens (including phenoxy) is 1. The number of hydrogen-bond acceptors (Lipinski definition) is 4. The lowest BCUT2D eigenvalue weighted by Gasteiger charge is -2.35. The SMILES string of the molecule is COc1ccc2c(c1)[S@@](=O)c1ccc(Cl)cc1[C@@H](N1CCNCC1)C2. The van der Waals surface area contributed by atoms with Crippen molar-refractivity contribution in [3.05, 3.63) is 52.5 Å². The molecule has 1 N–H and O–H groups in total. The van der Waals surface area contributed by atoms with Crippen molar-refractivity contribution >= 4 is 22.4 Å². The molecule has 25 heavy (non-hydrogen) atoms. The van der Waals surface area contributed by atoms with Crippen molar-refractivity contribution in [1.82, 2.24) is 10.2 Å². The normalized spacial score (nSPS) is 23.4. The maximum absolute atomic E-state index is 13.3. The van der Waals surface area contributed by atoms with Crippen LogP contribution in [0.1, 0.15) is 17.2 Å². The molecule has 1 saturated heterocycles. The molecule has 2 aromatic rings. The highest BCUT2D eigenvalue weighted by Gasteiger charge is 2.31. The van der Waals surface area contributed by atoms with Crippen molar-refractivity contribution in [3.63, 3.8) is 0 Å². The average Bonchev–Trinajstić information content (AvgIpc) is 2.77. The van der Waals surface area contributed by atoms with E-state index in [2.05, 4.69) is 16.3 Å². The summed E-state index contributed by atoms with van der Waals surface area (Å²) in [5.41, 5.74) is 2.21. The quantitative estimate of drug-likeness (QED) is 0.874. The van der Waals surface area contributed by atoms with Crippen LogP contribution in [-0.4, -0.2) is 42.4 Å². The highest BCUT2D eigenvalue weighted by atomic mass is 35.5. The first-order valence-corrected chi connectivity index (χ1v) is 10.0. The Morgan fingerprint density at radius 1 is 1.16 bits per heavy atom. The molecule has 2 aliphatic heterocycles. The first-order chi connectivity index (χ1) is 12.2. The van der Waals surface area contributed by atoms with Gasteiger partial charge in [0.25, 0.3) is 0 Å². The van der Waals surface area contributed by atoms with E-state index in [4.69, 9.17) is 16.3 Å². The van der Waals surface area contributed by atoms with E-state index >= 15 is 0 Å². The van der Waals surface area contributed by atoms with Gasteiger partial charge in [0.15, 0.2) is 0 Å². The van der Waals surface area contributed by atoms with Crippen LogP contribution < -0.4 is 10.1 Å². The molecule has 2 aliphatic rings. The van der Waals surface area contributed by atoms with Gasteiger partial charge in [-0.15, -0.1) is 0 Å². The van der Waals surface area contributed by atoms with Crippen molar-refractivity contribution in [2.24, 2.45) is 0 Å². The zero-order chi connectivity index (χ0) is 17.4. The number of methoxy groups -OCH3 is 1. The maximum Gasteiger partial charge on any atom is 0.120 e. The number of halogens is 1. The van der Waals surface area contributed by atoms with E-state index in [1.165, 1.54) is 0 Å². The minimum Gasteiger partial charge on any atom is -0.497 e. The van der Waals surface area contributed by atoms with Gasteiger partial charge in [0, 0.05) is 42.1 Å². The molecule has 0 bridgehead atoms. The molecule has 0 radical (unpaired) electrons. The van der Waals surface area contributed by atoms with Crippen LogP contribution in [0.5, 0.6) is 5.75 Å². The lowest BCUT2D eigenvalue weighted by molar-refractivity contribution is 0.170. The second-order valence-electron chi connectivity index (χ2n) is 6.43. The van der Waals surface area contributed by atoms with Gasteiger partial charge in [0.1, 0.15) is 5.75 Å². The molecule has 0 saturated carbocycles. The average molecular weight is 377 g/mol. The Labute approximate surface area is 155 Å². The number of nitrogens with one attached hydrogen (secondary N) is 1. The highest BCUT2D eigenvalue weighted by Crippen LogP contribution is 2.39. The highest BCUT2D eigenvalue weighted by molar-refractivity contribution is 7.85. The summed E-state index contributed by atoms with van der Waals surface area (Å²) in [6, 6.07) is 11.8. The van der Waals surface area contributed by atoms with Gasteiger partial charge in [-0.25, -0.2) is 4.21 Å². The molecule has 0 spiro atoms. The van der Waals surface area contributed by atoms with Gasteiger partial charge in [0.05, 0.1) is 22.8 Å². The largest absolute Gasteiger partial charge is 0.497 e. The van der Waals surface area contributed by atoms with Crippen molar-refractivity contribution < 1.29 is 8.95 Å². The van der Waals surface area contributed by atoms with E-state index in [9.17, 15) is 4.21 Å². The molecule has 0 amide bonds. The number of hydrogen-bond donors (Lipinski definition) is 1. The van der Waals surface area contributed by atoms with Gasteiger partial charge in [-0.2, -0.15) is 0 Å². The summed E-state index contributed by atoms with van der Waals surface area (Å²) in [7, 11) is 0.404. The maximum atomic E-state index is 13.3. The summed E-state index contributed by atoms with van der Waals surface area (Å²) in [5, 5.41) is 4.10. The molecule has 6 heteroatoms. The van der Waals surface area contributed by atoms with Crippen LogP contribution in [0.25, 0.3) is 0 Å². The molecule has 0 unspecified atom stereocenters. The Bertz CT molecular complexity index is 821. The second-order valence-corrected chi connectivity index (χ2v) is 8.28. The van der Waals surface area contributed by atoms with Crippen LogP contribution in [0, 0.1) is 0 Å².